The fourth-order valence-electron chi connectivity index (χ4n) is 1.65. The number of aromatic nitrogens is 3. The molecule has 2 N–H and O–H groups in total. The number of aryl methyl sites for hydroxylation is 3. The number of rotatable bonds is 5. The molecule has 0 spiro atoms. The molecule has 0 aromatic carbocycles. The van der Waals surface area contributed by atoms with E-state index in [2.05, 4.69) is 25.2 Å². The lowest BCUT2D eigenvalue weighted by molar-refractivity contribution is -0.140. The van der Waals surface area contributed by atoms with Crippen molar-refractivity contribution in [1.82, 2.24) is 15.2 Å². The summed E-state index contributed by atoms with van der Waals surface area (Å²) in [4.78, 5) is 15.5. The van der Waals surface area contributed by atoms with E-state index in [4.69, 9.17) is 0 Å². The topological polar surface area (TPSA) is 79.9 Å². The Labute approximate surface area is 115 Å². The number of nitrogens with zero attached hydrogens (tertiary/aromatic N) is 2. The van der Waals surface area contributed by atoms with Gasteiger partial charge >= 0.3 is 5.97 Å². The second kappa shape index (κ2) is 5.83. The summed E-state index contributed by atoms with van der Waals surface area (Å²) in [6.45, 7) is 3.88. The Morgan fingerprint density at radius 3 is 2.95 bits per heavy atom. The maximum Gasteiger partial charge on any atom is 0.305 e. The van der Waals surface area contributed by atoms with Crippen molar-refractivity contribution in [2.24, 2.45) is 0 Å². The highest BCUT2D eigenvalue weighted by molar-refractivity contribution is 7.13. The number of hydrogen-bond donors (Lipinski definition) is 2. The normalized spacial score (nSPS) is 10.5. The second-order valence-electron chi connectivity index (χ2n) is 4.15. The number of carbonyl (C=O) groups is 1. The van der Waals surface area contributed by atoms with Gasteiger partial charge in [-0.05, 0) is 13.8 Å². The highest BCUT2D eigenvalue weighted by Crippen LogP contribution is 2.25. The van der Waals surface area contributed by atoms with Crippen molar-refractivity contribution in [3.63, 3.8) is 0 Å². The molecule has 2 heterocycles. The van der Waals surface area contributed by atoms with Gasteiger partial charge in [-0.3, -0.25) is 9.89 Å². The van der Waals surface area contributed by atoms with Gasteiger partial charge in [0.1, 0.15) is 0 Å². The zero-order valence-electron chi connectivity index (χ0n) is 11.1. The van der Waals surface area contributed by atoms with Gasteiger partial charge in [0, 0.05) is 11.8 Å². The predicted molar refractivity (Wildman–Crippen MR) is 73.8 cm³/mol. The maximum absolute atomic E-state index is 11.1. The van der Waals surface area contributed by atoms with Gasteiger partial charge in [0.25, 0.3) is 0 Å². The maximum atomic E-state index is 11.1. The van der Waals surface area contributed by atoms with Crippen LogP contribution in [-0.4, -0.2) is 28.3 Å². The third-order valence-corrected chi connectivity index (χ3v) is 3.53. The largest absolute Gasteiger partial charge is 0.469 e. The first-order valence-corrected chi connectivity index (χ1v) is 6.78. The summed E-state index contributed by atoms with van der Waals surface area (Å²) in [5, 5.41) is 13.0. The van der Waals surface area contributed by atoms with Crippen LogP contribution in [0.3, 0.4) is 0 Å². The van der Waals surface area contributed by atoms with Gasteiger partial charge in [0.2, 0.25) is 0 Å². The van der Waals surface area contributed by atoms with Crippen LogP contribution in [-0.2, 0) is 16.0 Å². The molecule has 2 aromatic heterocycles. The Hall–Kier alpha value is -1.89. The molecule has 0 atom stereocenters. The third kappa shape index (κ3) is 3.31. The highest BCUT2D eigenvalue weighted by atomic mass is 32.1. The smallest absolute Gasteiger partial charge is 0.305 e. The van der Waals surface area contributed by atoms with E-state index in [0.29, 0.717) is 12.8 Å². The van der Waals surface area contributed by atoms with Gasteiger partial charge in [0.15, 0.2) is 5.13 Å². The Morgan fingerprint density at radius 1 is 1.53 bits per heavy atom. The van der Waals surface area contributed by atoms with Crippen LogP contribution in [0.1, 0.15) is 23.5 Å². The van der Waals surface area contributed by atoms with Crippen molar-refractivity contribution in [2.45, 2.75) is 26.7 Å². The molecule has 0 amide bonds. The van der Waals surface area contributed by atoms with E-state index in [1.807, 2.05) is 19.2 Å². The lowest BCUT2D eigenvalue weighted by Gasteiger charge is -2.01. The SMILES string of the molecule is COC(=O)CCc1csc(Nc2c(C)n[nH]c2C)n1. The minimum Gasteiger partial charge on any atom is -0.469 e. The summed E-state index contributed by atoms with van der Waals surface area (Å²) >= 11 is 1.51. The Kier molecular flexibility index (Phi) is 4.16. The molecule has 0 aliphatic carbocycles. The van der Waals surface area contributed by atoms with E-state index in [1.165, 1.54) is 18.4 Å². The van der Waals surface area contributed by atoms with Crippen molar-refractivity contribution < 1.29 is 9.53 Å². The van der Waals surface area contributed by atoms with Crippen LogP contribution in [0.2, 0.25) is 0 Å². The van der Waals surface area contributed by atoms with Crippen molar-refractivity contribution >= 4 is 28.1 Å². The number of carbonyl (C=O) groups excluding carboxylic acids is 1. The first kappa shape index (κ1) is 13.5. The first-order chi connectivity index (χ1) is 9.10. The van der Waals surface area contributed by atoms with E-state index in [-0.39, 0.29) is 5.97 Å². The second-order valence-corrected chi connectivity index (χ2v) is 5.01. The highest BCUT2D eigenvalue weighted by Gasteiger charge is 2.10. The van der Waals surface area contributed by atoms with Crippen LogP contribution in [0.25, 0.3) is 0 Å². The summed E-state index contributed by atoms with van der Waals surface area (Å²) in [7, 11) is 1.39. The van der Waals surface area contributed by atoms with E-state index >= 15 is 0 Å². The Balaban J connectivity index is 2.00. The molecule has 102 valence electrons. The summed E-state index contributed by atoms with van der Waals surface area (Å²) in [6.07, 6.45) is 0.942. The average Bonchev–Trinajstić information content (AvgIpc) is 2.98. The molecule has 19 heavy (non-hydrogen) atoms. The minimum atomic E-state index is -0.218. The van der Waals surface area contributed by atoms with Crippen molar-refractivity contribution in [3.8, 4) is 0 Å². The molecule has 0 saturated heterocycles. The lowest BCUT2D eigenvalue weighted by atomic mass is 10.2. The van der Waals surface area contributed by atoms with E-state index in [9.17, 15) is 4.79 Å². The molecule has 2 rings (SSSR count). The molecule has 0 radical (unpaired) electrons. The molecular formula is C12H16N4O2S. The summed E-state index contributed by atoms with van der Waals surface area (Å²) in [6, 6.07) is 0. The van der Waals surface area contributed by atoms with Crippen LogP contribution in [0.15, 0.2) is 5.38 Å². The zero-order valence-corrected chi connectivity index (χ0v) is 11.9. The third-order valence-electron chi connectivity index (χ3n) is 2.72. The van der Waals surface area contributed by atoms with Crippen molar-refractivity contribution in [1.29, 1.82) is 0 Å². The number of H-pyrrole nitrogens is 1. The molecule has 2 aromatic rings. The van der Waals surface area contributed by atoms with Crippen molar-refractivity contribution in [3.05, 3.63) is 22.5 Å². The van der Waals surface area contributed by atoms with Crippen LogP contribution in [0, 0.1) is 13.8 Å². The van der Waals surface area contributed by atoms with E-state index in [0.717, 1.165) is 27.9 Å². The number of anilines is 2. The summed E-state index contributed by atoms with van der Waals surface area (Å²) < 4.78 is 4.60. The summed E-state index contributed by atoms with van der Waals surface area (Å²) in [5.74, 6) is -0.218. The van der Waals surface area contributed by atoms with Crippen LogP contribution < -0.4 is 5.32 Å². The standard InChI is InChI=1S/C12H16N4O2S/c1-7-11(8(2)16-15-7)14-12-13-9(6-19-12)4-5-10(17)18-3/h6H,4-5H2,1-3H3,(H,13,14)(H,15,16). The van der Waals surface area contributed by atoms with Crippen LogP contribution in [0.5, 0.6) is 0 Å². The predicted octanol–water partition coefficient (Wildman–Crippen LogP) is 2.33. The van der Waals surface area contributed by atoms with Crippen LogP contribution in [0.4, 0.5) is 10.8 Å². The number of hydrogen-bond acceptors (Lipinski definition) is 6. The fourth-order valence-corrected chi connectivity index (χ4v) is 2.40. The first-order valence-electron chi connectivity index (χ1n) is 5.90. The van der Waals surface area contributed by atoms with E-state index < -0.39 is 0 Å². The molecule has 0 bridgehead atoms. The number of methoxy groups -OCH3 is 1. The van der Waals surface area contributed by atoms with Crippen molar-refractivity contribution in [2.75, 3.05) is 12.4 Å². The fraction of sp³-hybridized carbons (Fsp3) is 0.417. The molecule has 0 fully saturated rings. The molecule has 0 saturated carbocycles. The summed E-state index contributed by atoms with van der Waals surface area (Å²) in [5.41, 5.74) is 3.72. The Bertz CT molecular complexity index is 557. The quantitative estimate of drug-likeness (QED) is 0.822. The molecule has 6 nitrogen and oxygen atoms in total. The van der Waals surface area contributed by atoms with Gasteiger partial charge < -0.3 is 10.1 Å². The monoisotopic (exact) mass is 280 g/mol. The number of ether oxygens (including phenoxy) is 1. The molecule has 0 aliphatic heterocycles. The number of nitrogens with one attached hydrogen (secondary N) is 2. The molecule has 0 unspecified atom stereocenters. The van der Waals surface area contributed by atoms with Gasteiger partial charge in [-0.2, -0.15) is 5.10 Å². The van der Waals surface area contributed by atoms with Gasteiger partial charge in [-0.15, -0.1) is 11.3 Å². The lowest BCUT2D eigenvalue weighted by Crippen LogP contribution is -2.02. The Morgan fingerprint density at radius 2 is 2.32 bits per heavy atom. The molecular weight excluding hydrogens is 264 g/mol. The number of aromatic amines is 1. The molecule has 0 aliphatic rings. The van der Waals surface area contributed by atoms with Gasteiger partial charge in [0.05, 0.1) is 36.3 Å². The van der Waals surface area contributed by atoms with E-state index in [1.54, 1.807) is 0 Å². The van der Waals surface area contributed by atoms with Crippen LogP contribution >= 0.6 is 11.3 Å². The number of esters is 1. The van der Waals surface area contributed by atoms with Gasteiger partial charge in [-0.25, -0.2) is 4.98 Å². The molecule has 7 heteroatoms. The number of thiazole rings is 1. The van der Waals surface area contributed by atoms with Gasteiger partial charge in [-0.1, -0.05) is 0 Å². The minimum absolute atomic E-state index is 0.218. The zero-order chi connectivity index (χ0) is 13.8. The average molecular weight is 280 g/mol.